The Morgan fingerprint density at radius 1 is 1.14 bits per heavy atom. The van der Waals surface area contributed by atoms with Gasteiger partial charge in [0.15, 0.2) is 5.17 Å². The summed E-state index contributed by atoms with van der Waals surface area (Å²) in [7, 11) is 0. The Balaban J connectivity index is 1.22. The van der Waals surface area contributed by atoms with Gasteiger partial charge in [0.1, 0.15) is 4.75 Å². The third kappa shape index (κ3) is 3.49. The van der Waals surface area contributed by atoms with E-state index in [2.05, 4.69) is 12.2 Å². The molecule has 5 rings (SSSR count). The van der Waals surface area contributed by atoms with Crippen LogP contribution in [0.5, 0.6) is 0 Å². The number of hydrogen-bond acceptors (Lipinski definition) is 4. The van der Waals surface area contributed by atoms with Crippen molar-refractivity contribution < 1.29 is 9.59 Å². The van der Waals surface area contributed by atoms with E-state index in [4.69, 9.17) is 4.99 Å². The number of amidine groups is 1. The van der Waals surface area contributed by atoms with Gasteiger partial charge in [0.25, 0.3) is 5.91 Å². The van der Waals surface area contributed by atoms with Crippen LogP contribution in [0.2, 0.25) is 0 Å². The molecule has 1 unspecified atom stereocenters. The van der Waals surface area contributed by atoms with Crippen LogP contribution >= 0.6 is 11.8 Å². The van der Waals surface area contributed by atoms with Crippen molar-refractivity contribution in [1.82, 2.24) is 10.2 Å². The second-order valence-electron chi connectivity index (χ2n) is 9.27. The van der Waals surface area contributed by atoms with Gasteiger partial charge in [-0.25, -0.2) is 0 Å². The highest BCUT2D eigenvalue weighted by Gasteiger charge is 2.50. The van der Waals surface area contributed by atoms with Crippen LogP contribution in [0.1, 0.15) is 55.8 Å². The molecule has 2 aliphatic heterocycles. The van der Waals surface area contributed by atoms with Crippen LogP contribution in [-0.4, -0.2) is 45.8 Å². The minimum Gasteiger partial charge on any atom is -0.339 e. The molecule has 4 aliphatic rings. The molecule has 2 bridgehead atoms. The summed E-state index contributed by atoms with van der Waals surface area (Å²) < 4.78 is -0.474. The molecule has 0 aromatic heterocycles. The Hall–Kier alpha value is -1.82. The first kappa shape index (κ1) is 19.2. The number of benzene rings is 1. The molecule has 154 valence electrons. The molecule has 2 saturated carbocycles. The minimum absolute atomic E-state index is 0.0938. The summed E-state index contributed by atoms with van der Waals surface area (Å²) in [6, 6.07) is 9.87. The van der Waals surface area contributed by atoms with Gasteiger partial charge in [-0.15, -0.1) is 0 Å². The second-order valence-corrected chi connectivity index (χ2v) is 10.7. The minimum atomic E-state index is -0.474. The molecule has 0 radical (unpaired) electrons. The number of amides is 2. The van der Waals surface area contributed by atoms with Gasteiger partial charge in [0.2, 0.25) is 5.91 Å². The van der Waals surface area contributed by atoms with Gasteiger partial charge in [-0.3, -0.25) is 14.6 Å². The summed E-state index contributed by atoms with van der Waals surface area (Å²) in [5.74, 6) is 2.03. The van der Waals surface area contributed by atoms with E-state index >= 15 is 0 Å². The normalized spacial score (nSPS) is 36.0. The van der Waals surface area contributed by atoms with E-state index in [9.17, 15) is 9.59 Å². The number of hydrogen-bond donors (Lipinski definition) is 1. The van der Waals surface area contributed by atoms with Crippen molar-refractivity contribution in [3.8, 4) is 0 Å². The third-order valence-electron chi connectivity index (χ3n) is 7.55. The van der Waals surface area contributed by atoms with Crippen molar-refractivity contribution in [2.24, 2.45) is 22.7 Å². The Morgan fingerprint density at radius 2 is 1.90 bits per heavy atom. The fraction of sp³-hybridized carbons (Fsp3) is 0.609. The maximum Gasteiger partial charge on any atom is 0.253 e. The number of fused-ring (bicyclic) bond motifs is 2. The standard InChI is InChI=1S/C23H29N3O2S/c1-23(18-9-11-26(12-10-18)20(27)16-5-3-2-4-6-16)21(28)25-22(29-23)24-19-14-15-7-8-17(19)13-15/h2-6,15,17-19H,7-14H2,1H3,(H,24,25,28)/t15-,17-,19-,23?/m0/s1. The average molecular weight is 412 g/mol. The molecule has 29 heavy (non-hydrogen) atoms. The molecule has 2 amide bonds. The van der Waals surface area contributed by atoms with Crippen molar-refractivity contribution in [1.29, 1.82) is 0 Å². The van der Waals surface area contributed by atoms with Gasteiger partial charge in [-0.1, -0.05) is 36.4 Å². The monoisotopic (exact) mass is 411 g/mol. The zero-order valence-electron chi connectivity index (χ0n) is 17.0. The lowest BCUT2D eigenvalue weighted by Crippen LogP contribution is -2.47. The largest absolute Gasteiger partial charge is 0.339 e. The smallest absolute Gasteiger partial charge is 0.253 e. The predicted molar refractivity (Wildman–Crippen MR) is 116 cm³/mol. The van der Waals surface area contributed by atoms with Gasteiger partial charge in [0.05, 0.1) is 6.04 Å². The number of thioether (sulfide) groups is 1. The number of carbonyl (C=O) groups is 2. The van der Waals surface area contributed by atoms with E-state index in [1.54, 1.807) is 11.8 Å². The number of carbonyl (C=O) groups excluding carboxylic acids is 2. The molecule has 5 nitrogen and oxygen atoms in total. The van der Waals surface area contributed by atoms with E-state index in [0.29, 0.717) is 19.1 Å². The van der Waals surface area contributed by atoms with Crippen LogP contribution in [0.25, 0.3) is 0 Å². The lowest BCUT2D eigenvalue weighted by atomic mass is 9.84. The fourth-order valence-corrected chi connectivity index (χ4v) is 7.02. The summed E-state index contributed by atoms with van der Waals surface area (Å²) in [5, 5.41) is 3.91. The van der Waals surface area contributed by atoms with Gasteiger partial charge in [-0.2, -0.15) is 0 Å². The van der Waals surface area contributed by atoms with Crippen LogP contribution in [0, 0.1) is 17.8 Å². The fourth-order valence-electron chi connectivity index (χ4n) is 5.74. The van der Waals surface area contributed by atoms with E-state index in [1.165, 1.54) is 25.7 Å². The molecule has 6 heteroatoms. The Morgan fingerprint density at radius 3 is 2.55 bits per heavy atom. The highest BCUT2D eigenvalue weighted by Crippen LogP contribution is 2.48. The first-order valence-electron chi connectivity index (χ1n) is 11.0. The maximum atomic E-state index is 12.9. The van der Waals surface area contributed by atoms with Crippen LogP contribution in [-0.2, 0) is 4.79 Å². The van der Waals surface area contributed by atoms with Crippen LogP contribution < -0.4 is 5.32 Å². The predicted octanol–water partition coefficient (Wildman–Crippen LogP) is 3.71. The van der Waals surface area contributed by atoms with E-state index in [0.717, 1.165) is 35.4 Å². The highest BCUT2D eigenvalue weighted by atomic mass is 32.2. The summed E-state index contributed by atoms with van der Waals surface area (Å²) in [6.45, 7) is 3.48. The number of nitrogens with zero attached hydrogens (tertiary/aromatic N) is 2. The van der Waals surface area contributed by atoms with E-state index in [1.807, 2.05) is 35.2 Å². The Kier molecular flexibility index (Phi) is 4.93. The summed E-state index contributed by atoms with van der Waals surface area (Å²) in [6.07, 6.45) is 6.90. The Bertz CT molecular complexity index is 834. The zero-order valence-corrected chi connectivity index (χ0v) is 17.8. The van der Waals surface area contributed by atoms with Crippen molar-refractivity contribution >= 4 is 28.7 Å². The van der Waals surface area contributed by atoms with Crippen molar-refractivity contribution in [3.05, 3.63) is 35.9 Å². The van der Waals surface area contributed by atoms with Crippen molar-refractivity contribution in [3.63, 3.8) is 0 Å². The lowest BCUT2D eigenvalue weighted by molar-refractivity contribution is -0.122. The van der Waals surface area contributed by atoms with Crippen LogP contribution in [0.4, 0.5) is 0 Å². The van der Waals surface area contributed by atoms with Crippen LogP contribution in [0.3, 0.4) is 0 Å². The van der Waals surface area contributed by atoms with Crippen LogP contribution in [0.15, 0.2) is 35.3 Å². The molecule has 1 aromatic rings. The molecule has 0 spiro atoms. The molecule has 1 N–H and O–H groups in total. The van der Waals surface area contributed by atoms with E-state index in [-0.39, 0.29) is 17.7 Å². The van der Waals surface area contributed by atoms with Gasteiger partial charge in [-0.05, 0) is 68.9 Å². The number of nitrogens with one attached hydrogen (secondary N) is 1. The number of rotatable bonds is 3. The molecule has 2 aliphatic carbocycles. The molecule has 4 atom stereocenters. The maximum absolute atomic E-state index is 12.9. The molecule has 2 saturated heterocycles. The second kappa shape index (κ2) is 7.46. The van der Waals surface area contributed by atoms with Crippen molar-refractivity contribution in [2.45, 2.75) is 56.2 Å². The first-order valence-corrected chi connectivity index (χ1v) is 11.8. The zero-order chi connectivity index (χ0) is 20.0. The summed E-state index contributed by atoms with van der Waals surface area (Å²) in [5.41, 5.74) is 0.741. The molecule has 4 fully saturated rings. The number of aliphatic imine (C=N–C) groups is 1. The van der Waals surface area contributed by atoms with Gasteiger partial charge in [0, 0.05) is 18.7 Å². The van der Waals surface area contributed by atoms with Gasteiger partial charge < -0.3 is 10.2 Å². The van der Waals surface area contributed by atoms with Gasteiger partial charge >= 0.3 is 0 Å². The average Bonchev–Trinajstić information content (AvgIpc) is 3.44. The topological polar surface area (TPSA) is 61.8 Å². The lowest BCUT2D eigenvalue weighted by Gasteiger charge is -2.38. The Labute approximate surface area is 176 Å². The molecular weight excluding hydrogens is 382 g/mol. The SMILES string of the molecule is CC1(C2CCN(C(=O)c3ccccc3)CC2)SC(=N[C@H]2C[C@H]3CC[C@H]2C3)NC1=O. The third-order valence-corrected chi connectivity index (χ3v) is 8.89. The molecular formula is C23H29N3O2S. The quantitative estimate of drug-likeness (QED) is 0.825. The summed E-state index contributed by atoms with van der Waals surface area (Å²) in [4.78, 5) is 32.5. The molecule has 1 aromatic carbocycles. The van der Waals surface area contributed by atoms with E-state index < -0.39 is 4.75 Å². The molecule has 2 heterocycles. The first-order chi connectivity index (χ1) is 14.0. The van der Waals surface area contributed by atoms with Crippen molar-refractivity contribution in [2.75, 3.05) is 13.1 Å². The number of likely N-dealkylation sites (tertiary alicyclic amines) is 1. The summed E-state index contributed by atoms with van der Waals surface area (Å²) >= 11 is 1.63. The number of piperidine rings is 1. The highest BCUT2D eigenvalue weighted by molar-refractivity contribution is 8.16.